The molecule has 2 heterocycles. The van der Waals surface area contributed by atoms with Gasteiger partial charge in [0.15, 0.2) is 0 Å². The Morgan fingerprint density at radius 2 is 1.42 bits per heavy atom. The molecule has 7 aromatic rings. The minimum absolute atomic E-state index is 0.929. The lowest BCUT2D eigenvalue weighted by molar-refractivity contribution is 1.43. The minimum Gasteiger partial charge on any atom is -0.243 e. The number of rotatable bonds is 4. The van der Waals surface area contributed by atoms with Gasteiger partial charge in [-0.15, -0.1) is 11.3 Å². The van der Waals surface area contributed by atoms with Crippen molar-refractivity contribution >= 4 is 65.7 Å². The van der Waals surface area contributed by atoms with Crippen LogP contribution in [0, 0.1) is 0 Å². The number of nitrogens with zero attached hydrogens (tertiary/aromatic N) is 2. The van der Waals surface area contributed by atoms with Crippen LogP contribution in [0.15, 0.2) is 110 Å². The smallest absolute Gasteiger partial charge is 0.143 e. The number of para-hydroxylation sites is 2. The van der Waals surface area contributed by atoms with Crippen LogP contribution < -0.4 is 0 Å². The van der Waals surface area contributed by atoms with E-state index < -0.39 is 0 Å². The largest absolute Gasteiger partial charge is 0.243 e. The highest BCUT2D eigenvalue weighted by Crippen LogP contribution is 2.38. The summed E-state index contributed by atoms with van der Waals surface area (Å²) in [5.41, 5.74) is 9.94. The quantitative estimate of drug-likeness (QED) is 0.238. The van der Waals surface area contributed by atoms with Gasteiger partial charge in [-0.05, 0) is 87.5 Å². The Morgan fingerprint density at radius 1 is 0.684 bits per heavy atom. The van der Waals surface area contributed by atoms with E-state index >= 15 is 0 Å². The van der Waals surface area contributed by atoms with E-state index in [1.165, 1.54) is 43.3 Å². The van der Waals surface area contributed by atoms with Gasteiger partial charge in [-0.25, -0.2) is 9.97 Å². The molecule has 5 aromatic carbocycles. The van der Waals surface area contributed by atoms with Gasteiger partial charge in [-0.1, -0.05) is 85.5 Å². The van der Waals surface area contributed by atoms with E-state index in [1.807, 2.05) is 30.3 Å². The lowest BCUT2D eigenvalue weighted by Gasteiger charge is -2.14. The molecule has 180 valence electrons. The molecule has 0 unspecified atom stereocenters. The summed E-state index contributed by atoms with van der Waals surface area (Å²) in [4.78, 5) is 10.8. The summed E-state index contributed by atoms with van der Waals surface area (Å²) >= 11 is 1.70. The van der Waals surface area contributed by atoms with Gasteiger partial charge in [0.1, 0.15) is 10.3 Å². The first-order chi connectivity index (χ1) is 18.7. The molecule has 38 heavy (non-hydrogen) atoms. The summed E-state index contributed by atoms with van der Waals surface area (Å²) in [6.45, 7) is 6.16. The Morgan fingerprint density at radius 3 is 2.24 bits per heavy atom. The number of thiophene rings is 1. The van der Waals surface area contributed by atoms with E-state index in [0.717, 1.165) is 32.3 Å². The van der Waals surface area contributed by atoms with Gasteiger partial charge in [-0.3, -0.25) is 0 Å². The third-order valence-electron chi connectivity index (χ3n) is 7.16. The fraction of sp³-hybridized carbons (Fsp3) is 0.0286. The Bertz CT molecular complexity index is 2060. The van der Waals surface area contributed by atoms with Crippen LogP contribution in [0.1, 0.15) is 18.1 Å². The molecule has 0 atom stereocenters. The van der Waals surface area contributed by atoms with Crippen molar-refractivity contribution in [3.05, 3.63) is 121 Å². The first-order valence-corrected chi connectivity index (χ1v) is 13.6. The average Bonchev–Trinajstić information content (AvgIpc) is 3.32. The molecule has 0 aliphatic heterocycles. The van der Waals surface area contributed by atoms with Gasteiger partial charge in [0.2, 0.25) is 0 Å². The van der Waals surface area contributed by atoms with Crippen LogP contribution >= 0.6 is 11.3 Å². The summed E-state index contributed by atoms with van der Waals surface area (Å²) in [6.07, 6.45) is 6.22. The maximum absolute atomic E-state index is 4.98. The highest BCUT2D eigenvalue weighted by atomic mass is 32.1. The number of hydrogen-bond donors (Lipinski definition) is 0. The van der Waals surface area contributed by atoms with Crippen molar-refractivity contribution in [2.75, 3.05) is 0 Å². The zero-order chi connectivity index (χ0) is 25.6. The van der Waals surface area contributed by atoms with Gasteiger partial charge >= 0.3 is 0 Å². The number of benzene rings is 5. The van der Waals surface area contributed by atoms with Crippen molar-refractivity contribution in [1.82, 2.24) is 9.97 Å². The van der Waals surface area contributed by atoms with Gasteiger partial charge in [-0.2, -0.15) is 0 Å². The maximum Gasteiger partial charge on any atom is 0.143 e. The first-order valence-electron chi connectivity index (χ1n) is 12.7. The zero-order valence-electron chi connectivity index (χ0n) is 21.0. The van der Waals surface area contributed by atoms with E-state index in [-0.39, 0.29) is 0 Å². The lowest BCUT2D eigenvalue weighted by Crippen LogP contribution is -1.90. The first kappa shape index (κ1) is 22.6. The van der Waals surface area contributed by atoms with Crippen LogP contribution in [0.25, 0.3) is 76.6 Å². The topological polar surface area (TPSA) is 25.8 Å². The SMILES string of the molecule is C=Cc1cc(-c2cccc(-c3ccc4sc5nc6ccccc6nc5c4c3)c2)c2ccccc2c1/C=C\C. The fourth-order valence-electron chi connectivity index (χ4n) is 5.36. The Hall–Kier alpha value is -4.60. The molecule has 3 heteroatoms. The fourth-order valence-corrected chi connectivity index (χ4v) is 6.37. The molecule has 7 rings (SSSR count). The summed E-state index contributed by atoms with van der Waals surface area (Å²) in [7, 11) is 0. The Balaban J connectivity index is 1.40. The third kappa shape index (κ3) is 3.63. The van der Waals surface area contributed by atoms with E-state index in [4.69, 9.17) is 9.97 Å². The second-order valence-electron chi connectivity index (χ2n) is 9.44. The molecule has 0 saturated carbocycles. The molecule has 0 saturated heterocycles. The lowest BCUT2D eigenvalue weighted by atomic mass is 9.90. The van der Waals surface area contributed by atoms with E-state index in [2.05, 4.69) is 98.5 Å². The Kier molecular flexibility index (Phi) is 5.38. The number of allylic oxidation sites excluding steroid dienone is 1. The summed E-state index contributed by atoms with van der Waals surface area (Å²) < 4.78 is 1.20. The summed E-state index contributed by atoms with van der Waals surface area (Å²) in [5, 5.41) is 3.63. The average molecular weight is 505 g/mol. The van der Waals surface area contributed by atoms with Crippen LogP contribution in [-0.2, 0) is 0 Å². The normalized spacial score (nSPS) is 11.8. The molecular weight excluding hydrogens is 480 g/mol. The summed E-state index contributed by atoms with van der Waals surface area (Å²) in [5.74, 6) is 0. The predicted octanol–water partition coefficient (Wildman–Crippen LogP) is 10.2. The second kappa shape index (κ2) is 9.05. The molecule has 0 amide bonds. The van der Waals surface area contributed by atoms with Crippen LogP contribution in [0.5, 0.6) is 0 Å². The standard InChI is InChI=1S/C35H24N2S/c1-3-10-26-22(4-2)20-29(28-14-6-5-13-27(26)28)25-12-9-11-23(19-25)24-17-18-33-30(21-24)34-35(38-33)37-32-16-8-7-15-31(32)36-34/h3-21H,2H2,1H3/b10-3-. The molecule has 0 spiro atoms. The summed E-state index contributed by atoms with van der Waals surface area (Å²) in [6, 6.07) is 34.5. The molecule has 0 aliphatic carbocycles. The maximum atomic E-state index is 4.98. The molecular formula is C35H24N2S. The van der Waals surface area contributed by atoms with Crippen LogP contribution in [0.4, 0.5) is 0 Å². The molecule has 0 aliphatic rings. The number of aromatic nitrogens is 2. The van der Waals surface area contributed by atoms with Crippen LogP contribution in [0.3, 0.4) is 0 Å². The van der Waals surface area contributed by atoms with Crippen molar-refractivity contribution in [2.24, 2.45) is 0 Å². The van der Waals surface area contributed by atoms with E-state index in [0.29, 0.717) is 0 Å². The molecule has 0 N–H and O–H groups in total. The van der Waals surface area contributed by atoms with Gasteiger partial charge < -0.3 is 0 Å². The van der Waals surface area contributed by atoms with Crippen molar-refractivity contribution in [3.63, 3.8) is 0 Å². The van der Waals surface area contributed by atoms with E-state index in [9.17, 15) is 0 Å². The minimum atomic E-state index is 0.929. The number of hydrogen-bond acceptors (Lipinski definition) is 3. The van der Waals surface area contributed by atoms with Crippen molar-refractivity contribution < 1.29 is 0 Å². The number of fused-ring (bicyclic) bond motifs is 5. The molecule has 0 fully saturated rings. The van der Waals surface area contributed by atoms with Crippen LogP contribution in [-0.4, -0.2) is 9.97 Å². The zero-order valence-corrected chi connectivity index (χ0v) is 21.8. The van der Waals surface area contributed by atoms with Crippen LogP contribution in [0.2, 0.25) is 0 Å². The molecule has 0 bridgehead atoms. The molecule has 2 aromatic heterocycles. The van der Waals surface area contributed by atoms with Crippen molar-refractivity contribution in [3.8, 4) is 22.3 Å². The third-order valence-corrected chi connectivity index (χ3v) is 8.21. The van der Waals surface area contributed by atoms with Crippen molar-refractivity contribution in [2.45, 2.75) is 6.92 Å². The van der Waals surface area contributed by atoms with E-state index in [1.54, 1.807) is 11.3 Å². The molecule has 0 radical (unpaired) electrons. The molecule has 2 nitrogen and oxygen atoms in total. The Labute approximate surface area is 225 Å². The van der Waals surface area contributed by atoms with Gasteiger partial charge in [0.05, 0.1) is 11.0 Å². The second-order valence-corrected chi connectivity index (χ2v) is 10.5. The van der Waals surface area contributed by atoms with Gasteiger partial charge in [0.25, 0.3) is 0 Å². The predicted molar refractivity (Wildman–Crippen MR) is 166 cm³/mol. The highest BCUT2D eigenvalue weighted by Gasteiger charge is 2.13. The monoisotopic (exact) mass is 504 g/mol. The highest BCUT2D eigenvalue weighted by molar-refractivity contribution is 7.25. The van der Waals surface area contributed by atoms with Crippen molar-refractivity contribution in [1.29, 1.82) is 0 Å². The van der Waals surface area contributed by atoms with Gasteiger partial charge in [0, 0.05) is 10.1 Å².